The maximum atomic E-state index is 11.4. The lowest BCUT2D eigenvalue weighted by Crippen LogP contribution is -2.31. The first-order chi connectivity index (χ1) is 7.72. The molecule has 92 valence electrons. The molecule has 0 unspecified atom stereocenters. The lowest BCUT2D eigenvalue weighted by molar-refractivity contribution is -0.146. The van der Waals surface area contributed by atoms with E-state index in [0.717, 1.165) is 0 Å². The number of amides is 1. The molecule has 0 spiro atoms. The van der Waals surface area contributed by atoms with E-state index >= 15 is 0 Å². The number of carbonyl (C=O) groups excluding carboxylic acids is 2. The van der Waals surface area contributed by atoms with Crippen LogP contribution < -0.4 is 5.32 Å². The van der Waals surface area contributed by atoms with Crippen molar-refractivity contribution in [1.82, 2.24) is 5.32 Å². The van der Waals surface area contributed by atoms with E-state index in [-0.39, 0.29) is 12.3 Å². The summed E-state index contributed by atoms with van der Waals surface area (Å²) in [5.41, 5.74) is 0. The molecule has 0 aromatic rings. The van der Waals surface area contributed by atoms with Gasteiger partial charge in [0.15, 0.2) is 0 Å². The molecule has 1 fully saturated rings. The highest BCUT2D eigenvalue weighted by Gasteiger charge is 2.15. The number of hydrogen-bond donors (Lipinski definition) is 1. The molecule has 1 saturated carbocycles. The van der Waals surface area contributed by atoms with Gasteiger partial charge in [0.2, 0.25) is 5.91 Å². The summed E-state index contributed by atoms with van der Waals surface area (Å²) in [6.45, 7) is 2.77. The van der Waals surface area contributed by atoms with Gasteiger partial charge in [-0.1, -0.05) is 19.3 Å². The molecule has 0 heterocycles. The van der Waals surface area contributed by atoms with Gasteiger partial charge in [-0.3, -0.25) is 9.59 Å². The number of hydrogen-bond acceptors (Lipinski definition) is 3. The van der Waals surface area contributed by atoms with E-state index < -0.39 is 5.97 Å². The Bertz CT molecular complexity index is 234. The average molecular weight is 227 g/mol. The Morgan fingerprint density at radius 2 is 1.94 bits per heavy atom. The van der Waals surface area contributed by atoms with E-state index in [2.05, 4.69) is 5.32 Å². The molecule has 1 aliphatic rings. The lowest BCUT2D eigenvalue weighted by atomic mass is 9.89. The van der Waals surface area contributed by atoms with Gasteiger partial charge in [0.05, 0.1) is 6.61 Å². The van der Waals surface area contributed by atoms with Gasteiger partial charge in [-0.2, -0.15) is 0 Å². The summed E-state index contributed by atoms with van der Waals surface area (Å²) in [4.78, 5) is 22.4. The third kappa shape index (κ3) is 5.14. The quantitative estimate of drug-likeness (QED) is 0.573. The average Bonchev–Trinajstić information content (AvgIpc) is 2.28. The molecule has 4 heteroatoms. The molecule has 1 amide bonds. The molecule has 1 rings (SSSR count). The van der Waals surface area contributed by atoms with Crippen LogP contribution in [-0.4, -0.2) is 25.0 Å². The summed E-state index contributed by atoms with van der Waals surface area (Å²) in [5.74, 6) is -0.0624. The maximum absolute atomic E-state index is 11.4. The number of rotatable bonds is 5. The van der Waals surface area contributed by atoms with Crippen LogP contribution in [0.1, 0.15) is 45.4 Å². The molecular weight excluding hydrogens is 206 g/mol. The molecule has 0 saturated heterocycles. The first kappa shape index (κ1) is 13.0. The molecule has 0 bridgehead atoms. The van der Waals surface area contributed by atoms with Crippen molar-refractivity contribution < 1.29 is 14.3 Å². The van der Waals surface area contributed by atoms with Crippen molar-refractivity contribution in [2.75, 3.05) is 13.2 Å². The van der Waals surface area contributed by atoms with Crippen molar-refractivity contribution in [3.05, 3.63) is 0 Å². The largest absolute Gasteiger partial charge is 0.466 e. The third-order valence-electron chi connectivity index (χ3n) is 2.92. The van der Waals surface area contributed by atoms with E-state index in [1.165, 1.54) is 32.1 Å². The van der Waals surface area contributed by atoms with Gasteiger partial charge in [-0.15, -0.1) is 0 Å². The fraction of sp³-hybridized carbons (Fsp3) is 0.833. The number of ether oxygens (including phenoxy) is 1. The van der Waals surface area contributed by atoms with Crippen molar-refractivity contribution in [1.29, 1.82) is 0 Å². The minimum absolute atomic E-state index is 0.152. The Balaban J connectivity index is 2.11. The molecule has 4 nitrogen and oxygen atoms in total. The van der Waals surface area contributed by atoms with Crippen LogP contribution in [0.3, 0.4) is 0 Å². The zero-order chi connectivity index (χ0) is 11.8. The smallest absolute Gasteiger partial charge is 0.315 e. The normalized spacial score (nSPS) is 16.8. The van der Waals surface area contributed by atoms with Crippen LogP contribution in [0.2, 0.25) is 0 Å². The number of nitrogens with one attached hydrogen (secondary N) is 1. The fourth-order valence-electron chi connectivity index (χ4n) is 2.06. The summed E-state index contributed by atoms with van der Waals surface area (Å²) in [6, 6.07) is 0. The van der Waals surface area contributed by atoms with E-state index in [9.17, 15) is 9.59 Å². The summed E-state index contributed by atoms with van der Waals surface area (Å²) in [6.07, 6.45) is 6.07. The van der Waals surface area contributed by atoms with E-state index in [1.54, 1.807) is 6.92 Å². The molecule has 1 N–H and O–H groups in total. The van der Waals surface area contributed by atoms with Crippen LogP contribution in [0, 0.1) is 5.92 Å². The van der Waals surface area contributed by atoms with Crippen molar-refractivity contribution in [2.24, 2.45) is 5.92 Å². The Labute approximate surface area is 96.7 Å². The first-order valence-corrected chi connectivity index (χ1v) is 6.14. The molecule has 16 heavy (non-hydrogen) atoms. The predicted molar refractivity (Wildman–Crippen MR) is 60.8 cm³/mol. The van der Waals surface area contributed by atoms with Crippen LogP contribution >= 0.6 is 0 Å². The Morgan fingerprint density at radius 3 is 2.56 bits per heavy atom. The van der Waals surface area contributed by atoms with Crippen LogP contribution in [0.5, 0.6) is 0 Å². The zero-order valence-corrected chi connectivity index (χ0v) is 9.96. The second-order valence-corrected chi connectivity index (χ2v) is 4.29. The molecule has 0 aromatic carbocycles. The molecular formula is C12H21NO3. The third-order valence-corrected chi connectivity index (χ3v) is 2.92. The summed E-state index contributed by atoms with van der Waals surface area (Å²) >= 11 is 0. The minimum atomic E-state index is -0.441. The van der Waals surface area contributed by atoms with Gasteiger partial charge in [-0.25, -0.2) is 0 Å². The highest BCUT2D eigenvalue weighted by atomic mass is 16.5. The Hall–Kier alpha value is -1.06. The maximum Gasteiger partial charge on any atom is 0.315 e. The Kier molecular flexibility index (Phi) is 5.90. The van der Waals surface area contributed by atoms with Gasteiger partial charge in [0.1, 0.15) is 6.42 Å². The highest BCUT2D eigenvalue weighted by Crippen LogP contribution is 2.22. The number of esters is 1. The SMILES string of the molecule is CCOC(=O)CC(=O)NCC1CCCCC1. The highest BCUT2D eigenvalue weighted by molar-refractivity contribution is 5.94. The van der Waals surface area contributed by atoms with Crippen LogP contribution in [0.15, 0.2) is 0 Å². The van der Waals surface area contributed by atoms with Crippen LogP contribution in [-0.2, 0) is 14.3 Å². The van der Waals surface area contributed by atoms with Crippen LogP contribution in [0.25, 0.3) is 0 Å². The lowest BCUT2D eigenvalue weighted by Gasteiger charge is -2.21. The monoisotopic (exact) mass is 227 g/mol. The van der Waals surface area contributed by atoms with E-state index in [1.807, 2.05) is 0 Å². The number of carbonyl (C=O) groups is 2. The van der Waals surface area contributed by atoms with Crippen molar-refractivity contribution in [3.8, 4) is 0 Å². The zero-order valence-electron chi connectivity index (χ0n) is 9.96. The standard InChI is InChI=1S/C12H21NO3/c1-2-16-12(15)8-11(14)13-9-10-6-4-3-5-7-10/h10H,2-9H2,1H3,(H,13,14). The minimum Gasteiger partial charge on any atom is -0.466 e. The van der Waals surface area contributed by atoms with E-state index in [4.69, 9.17) is 4.74 Å². The second-order valence-electron chi connectivity index (χ2n) is 4.29. The van der Waals surface area contributed by atoms with Crippen molar-refractivity contribution >= 4 is 11.9 Å². The van der Waals surface area contributed by atoms with Crippen LogP contribution in [0.4, 0.5) is 0 Å². The van der Waals surface area contributed by atoms with Gasteiger partial charge in [0.25, 0.3) is 0 Å². The summed E-state index contributed by atoms with van der Waals surface area (Å²) in [7, 11) is 0. The molecule has 1 aliphatic carbocycles. The van der Waals surface area contributed by atoms with Crippen molar-refractivity contribution in [3.63, 3.8) is 0 Å². The molecule has 0 radical (unpaired) electrons. The fourth-order valence-corrected chi connectivity index (χ4v) is 2.06. The van der Waals surface area contributed by atoms with E-state index in [0.29, 0.717) is 19.1 Å². The molecule has 0 aromatic heterocycles. The molecule has 0 atom stereocenters. The second kappa shape index (κ2) is 7.25. The summed E-state index contributed by atoms with van der Waals surface area (Å²) in [5, 5.41) is 2.80. The Morgan fingerprint density at radius 1 is 1.25 bits per heavy atom. The topological polar surface area (TPSA) is 55.4 Å². The van der Waals surface area contributed by atoms with Gasteiger partial charge in [-0.05, 0) is 25.7 Å². The van der Waals surface area contributed by atoms with Gasteiger partial charge in [0, 0.05) is 6.54 Å². The summed E-state index contributed by atoms with van der Waals surface area (Å²) < 4.78 is 4.70. The van der Waals surface area contributed by atoms with Crippen molar-refractivity contribution in [2.45, 2.75) is 45.4 Å². The van der Waals surface area contributed by atoms with Gasteiger partial charge >= 0.3 is 5.97 Å². The van der Waals surface area contributed by atoms with Gasteiger partial charge < -0.3 is 10.1 Å². The predicted octanol–water partition coefficient (Wildman–Crippen LogP) is 1.64. The first-order valence-electron chi connectivity index (χ1n) is 6.14. The molecule has 0 aliphatic heterocycles.